The number of carboxylic acid groups (broad SMARTS) is 1. The SMILES string of the molecule is CC(=O)N1CC(NC(=O)/C=C/c2ccccc2)C(=O)N(CC(=O)NC(C=O)CC(=O)O)c2ccccc21. The molecule has 192 valence electrons. The number of fused-ring (bicyclic) bond motifs is 1. The van der Waals surface area contributed by atoms with E-state index in [0.29, 0.717) is 12.0 Å². The third-order valence-corrected chi connectivity index (χ3v) is 5.52. The molecule has 1 heterocycles. The molecule has 11 heteroatoms. The van der Waals surface area contributed by atoms with E-state index in [4.69, 9.17) is 5.11 Å². The van der Waals surface area contributed by atoms with Crippen LogP contribution >= 0.6 is 0 Å². The summed E-state index contributed by atoms with van der Waals surface area (Å²) >= 11 is 0. The first-order valence-electron chi connectivity index (χ1n) is 11.4. The van der Waals surface area contributed by atoms with E-state index < -0.39 is 48.7 Å². The molecule has 4 amide bonds. The number of carbonyl (C=O) groups is 6. The highest BCUT2D eigenvalue weighted by atomic mass is 16.4. The molecule has 0 radical (unpaired) electrons. The number of para-hydroxylation sites is 2. The number of hydrogen-bond donors (Lipinski definition) is 3. The first kappa shape index (κ1) is 26.8. The number of nitrogens with zero attached hydrogens (tertiary/aromatic N) is 2. The van der Waals surface area contributed by atoms with Crippen molar-refractivity contribution in [1.82, 2.24) is 10.6 Å². The molecule has 11 nitrogen and oxygen atoms in total. The van der Waals surface area contributed by atoms with Crippen molar-refractivity contribution >= 4 is 53.3 Å². The van der Waals surface area contributed by atoms with Crippen LogP contribution in [0.5, 0.6) is 0 Å². The third kappa shape index (κ3) is 7.10. The summed E-state index contributed by atoms with van der Waals surface area (Å²) < 4.78 is 0. The van der Waals surface area contributed by atoms with Gasteiger partial charge in [-0.2, -0.15) is 0 Å². The minimum Gasteiger partial charge on any atom is -0.481 e. The zero-order valence-electron chi connectivity index (χ0n) is 20.0. The molecule has 3 N–H and O–H groups in total. The van der Waals surface area contributed by atoms with E-state index >= 15 is 0 Å². The molecule has 1 aliphatic heterocycles. The Kier molecular flexibility index (Phi) is 8.87. The summed E-state index contributed by atoms with van der Waals surface area (Å²) in [5, 5.41) is 13.8. The van der Waals surface area contributed by atoms with Gasteiger partial charge in [0.25, 0.3) is 5.91 Å². The summed E-state index contributed by atoms with van der Waals surface area (Å²) in [7, 11) is 0. The van der Waals surface area contributed by atoms with Crippen LogP contribution in [0.2, 0.25) is 0 Å². The summed E-state index contributed by atoms with van der Waals surface area (Å²) in [5.41, 5.74) is 1.37. The van der Waals surface area contributed by atoms with E-state index in [1.807, 2.05) is 18.2 Å². The number of rotatable bonds is 9. The minimum absolute atomic E-state index is 0.176. The number of aliphatic carboxylic acids is 1. The molecule has 1 aliphatic rings. The number of carbonyl (C=O) groups excluding carboxylic acids is 5. The monoisotopic (exact) mass is 506 g/mol. The Morgan fingerprint density at radius 2 is 1.70 bits per heavy atom. The van der Waals surface area contributed by atoms with Gasteiger partial charge in [0.05, 0.1) is 30.4 Å². The van der Waals surface area contributed by atoms with Gasteiger partial charge in [0.15, 0.2) is 0 Å². The minimum atomic E-state index is -1.28. The Bertz CT molecular complexity index is 1230. The summed E-state index contributed by atoms with van der Waals surface area (Å²) in [6, 6.07) is 13.0. The average molecular weight is 507 g/mol. The largest absolute Gasteiger partial charge is 0.481 e. The lowest BCUT2D eigenvalue weighted by Gasteiger charge is -2.25. The molecule has 0 aromatic heterocycles. The van der Waals surface area contributed by atoms with Crippen molar-refractivity contribution in [3.8, 4) is 0 Å². The molecule has 3 rings (SSSR count). The third-order valence-electron chi connectivity index (χ3n) is 5.52. The van der Waals surface area contributed by atoms with Crippen LogP contribution in [0.1, 0.15) is 18.9 Å². The second-order valence-electron chi connectivity index (χ2n) is 8.26. The summed E-state index contributed by atoms with van der Waals surface area (Å²) in [6.07, 6.45) is 2.51. The standard InChI is InChI=1S/C26H26N4O7/c1-17(32)29-14-20(28-23(33)12-11-18-7-3-2-4-8-18)26(37)30(22-10-6-5-9-21(22)29)15-24(34)27-19(16-31)13-25(35)36/h2-12,16,19-20H,13-15H2,1H3,(H,27,34)(H,28,33)(H,35,36)/b12-11+. The maximum absolute atomic E-state index is 13.6. The Morgan fingerprint density at radius 1 is 1.05 bits per heavy atom. The summed E-state index contributed by atoms with van der Waals surface area (Å²) in [4.78, 5) is 75.9. The van der Waals surface area contributed by atoms with Gasteiger partial charge in [0.2, 0.25) is 17.7 Å². The second-order valence-corrected chi connectivity index (χ2v) is 8.26. The summed E-state index contributed by atoms with van der Waals surface area (Å²) in [5.74, 6) is -3.69. The molecular formula is C26H26N4O7. The van der Waals surface area contributed by atoms with Gasteiger partial charge in [-0.05, 0) is 23.8 Å². The van der Waals surface area contributed by atoms with Crippen LogP contribution in [0.4, 0.5) is 11.4 Å². The molecule has 0 aliphatic carbocycles. The van der Waals surface area contributed by atoms with E-state index in [9.17, 15) is 28.8 Å². The van der Waals surface area contributed by atoms with Crippen LogP contribution in [-0.4, -0.2) is 66.2 Å². The highest BCUT2D eigenvalue weighted by molar-refractivity contribution is 6.10. The van der Waals surface area contributed by atoms with E-state index in [2.05, 4.69) is 10.6 Å². The molecule has 2 aromatic carbocycles. The molecule has 37 heavy (non-hydrogen) atoms. The number of hydrogen-bond acceptors (Lipinski definition) is 6. The van der Waals surface area contributed by atoms with Crippen LogP contribution in [0.25, 0.3) is 6.08 Å². The Balaban J connectivity index is 1.88. The van der Waals surface area contributed by atoms with Gasteiger partial charge in [-0.3, -0.25) is 28.9 Å². The maximum atomic E-state index is 13.6. The molecule has 0 fully saturated rings. The number of aldehydes is 1. The first-order chi connectivity index (χ1) is 17.7. The van der Waals surface area contributed by atoms with Gasteiger partial charge in [0.1, 0.15) is 18.9 Å². The van der Waals surface area contributed by atoms with E-state index in [-0.39, 0.29) is 18.1 Å². The van der Waals surface area contributed by atoms with Crippen molar-refractivity contribution in [3.05, 3.63) is 66.2 Å². The molecule has 0 saturated carbocycles. The topological polar surface area (TPSA) is 153 Å². The van der Waals surface area contributed by atoms with Gasteiger partial charge < -0.3 is 25.4 Å². The lowest BCUT2D eigenvalue weighted by atomic mass is 10.2. The fourth-order valence-electron chi connectivity index (χ4n) is 3.83. The second kappa shape index (κ2) is 12.2. The number of anilines is 2. The van der Waals surface area contributed by atoms with Crippen molar-refractivity contribution in [1.29, 1.82) is 0 Å². The summed E-state index contributed by atoms with van der Waals surface area (Å²) in [6.45, 7) is 0.570. The van der Waals surface area contributed by atoms with Gasteiger partial charge in [-0.1, -0.05) is 42.5 Å². The highest BCUT2D eigenvalue weighted by Crippen LogP contribution is 2.32. The van der Waals surface area contributed by atoms with Crippen molar-refractivity contribution in [2.75, 3.05) is 22.9 Å². The molecule has 0 bridgehead atoms. The highest BCUT2D eigenvalue weighted by Gasteiger charge is 2.36. The van der Waals surface area contributed by atoms with Gasteiger partial charge in [-0.25, -0.2) is 0 Å². The Hall–Kier alpha value is -4.80. The van der Waals surface area contributed by atoms with E-state index in [0.717, 1.165) is 10.5 Å². The molecule has 2 unspecified atom stereocenters. The van der Waals surface area contributed by atoms with Crippen LogP contribution in [0.3, 0.4) is 0 Å². The smallest absolute Gasteiger partial charge is 0.305 e. The molecule has 0 saturated heterocycles. The zero-order valence-corrected chi connectivity index (χ0v) is 20.0. The van der Waals surface area contributed by atoms with E-state index in [1.54, 1.807) is 42.5 Å². The first-order valence-corrected chi connectivity index (χ1v) is 11.4. The van der Waals surface area contributed by atoms with Crippen LogP contribution < -0.4 is 20.4 Å². The van der Waals surface area contributed by atoms with Crippen molar-refractivity contribution in [2.24, 2.45) is 0 Å². The number of nitrogens with one attached hydrogen (secondary N) is 2. The molecule has 2 aromatic rings. The van der Waals surface area contributed by atoms with Crippen molar-refractivity contribution in [3.63, 3.8) is 0 Å². The molecular weight excluding hydrogens is 480 g/mol. The number of carboxylic acids is 1. The van der Waals surface area contributed by atoms with E-state index in [1.165, 1.54) is 17.9 Å². The van der Waals surface area contributed by atoms with Crippen LogP contribution in [0, 0.1) is 0 Å². The lowest BCUT2D eigenvalue weighted by molar-refractivity contribution is -0.139. The fourth-order valence-corrected chi connectivity index (χ4v) is 3.83. The zero-order chi connectivity index (χ0) is 26.9. The van der Waals surface area contributed by atoms with Crippen LogP contribution in [0.15, 0.2) is 60.7 Å². The average Bonchev–Trinajstić information content (AvgIpc) is 2.98. The Labute approximate surface area is 212 Å². The van der Waals surface area contributed by atoms with Crippen LogP contribution in [-0.2, 0) is 28.8 Å². The van der Waals surface area contributed by atoms with Crippen molar-refractivity contribution < 1.29 is 33.9 Å². The number of amides is 4. The number of benzene rings is 2. The molecule has 0 spiro atoms. The fraction of sp³-hybridized carbons (Fsp3) is 0.231. The molecule has 2 atom stereocenters. The predicted octanol–water partition coefficient (Wildman–Crippen LogP) is 0.743. The van der Waals surface area contributed by atoms with Gasteiger partial charge >= 0.3 is 5.97 Å². The quantitative estimate of drug-likeness (QED) is 0.335. The lowest BCUT2D eigenvalue weighted by Crippen LogP contribution is -2.54. The maximum Gasteiger partial charge on any atom is 0.305 e. The van der Waals surface area contributed by atoms with Gasteiger partial charge in [-0.15, -0.1) is 0 Å². The van der Waals surface area contributed by atoms with Gasteiger partial charge in [0, 0.05) is 13.0 Å². The normalized spacial score (nSPS) is 15.9. The predicted molar refractivity (Wildman–Crippen MR) is 134 cm³/mol. The van der Waals surface area contributed by atoms with Crippen molar-refractivity contribution in [2.45, 2.75) is 25.4 Å². The Morgan fingerprint density at radius 3 is 2.32 bits per heavy atom.